The van der Waals surface area contributed by atoms with Crippen LogP contribution in [0, 0.1) is 0 Å². The number of carbonyl (C=O) groups is 1. The first kappa shape index (κ1) is 9.51. The van der Waals surface area contributed by atoms with Gasteiger partial charge in [0.1, 0.15) is 5.82 Å². The zero-order valence-corrected chi connectivity index (χ0v) is 7.70. The highest BCUT2D eigenvalue weighted by Gasteiger charge is 2.05. The fourth-order valence-corrected chi connectivity index (χ4v) is 0.877. The van der Waals surface area contributed by atoms with Gasteiger partial charge in [-0.25, -0.2) is 9.78 Å². The molecule has 4 nitrogen and oxygen atoms in total. The predicted octanol–water partition coefficient (Wildman–Crippen LogP) is 1.30. The highest BCUT2D eigenvalue weighted by atomic mass is 16.5. The van der Waals surface area contributed by atoms with Gasteiger partial charge < -0.3 is 10.1 Å². The maximum atomic E-state index is 11.2. The Morgan fingerprint density at radius 3 is 2.85 bits per heavy atom. The Morgan fingerprint density at radius 1 is 1.62 bits per heavy atom. The number of esters is 1. The summed E-state index contributed by atoms with van der Waals surface area (Å²) in [5, 5.41) is 2.86. The highest BCUT2D eigenvalue weighted by Crippen LogP contribution is 2.05. The molecule has 1 aromatic heterocycles. The van der Waals surface area contributed by atoms with Crippen LogP contribution in [0.25, 0.3) is 0 Å². The predicted molar refractivity (Wildman–Crippen MR) is 49.7 cm³/mol. The number of aromatic nitrogens is 1. The molecule has 0 fully saturated rings. The zero-order valence-electron chi connectivity index (χ0n) is 7.70. The Bertz CT molecular complexity index is 282. The number of ether oxygens (including phenoxy) is 1. The summed E-state index contributed by atoms with van der Waals surface area (Å²) in [5.74, 6) is 0.394. The average Bonchev–Trinajstić information content (AvgIpc) is 2.18. The molecular weight excluding hydrogens is 168 g/mol. The zero-order chi connectivity index (χ0) is 9.68. The topological polar surface area (TPSA) is 51.2 Å². The second-order valence-corrected chi connectivity index (χ2v) is 2.40. The van der Waals surface area contributed by atoms with Gasteiger partial charge in [-0.15, -0.1) is 0 Å². The van der Waals surface area contributed by atoms with E-state index >= 15 is 0 Å². The number of pyridine rings is 1. The van der Waals surface area contributed by atoms with Crippen molar-refractivity contribution in [1.82, 2.24) is 4.98 Å². The molecule has 0 bridgehead atoms. The molecule has 13 heavy (non-hydrogen) atoms. The molecule has 0 aliphatic heterocycles. The quantitative estimate of drug-likeness (QED) is 0.712. The lowest BCUT2D eigenvalue weighted by molar-refractivity contribution is 0.0526. The first-order chi connectivity index (χ1) is 6.27. The number of hydrogen-bond donors (Lipinski definition) is 1. The van der Waals surface area contributed by atoms with Gasteiger partial charge in [0.25, 0.3) is 0 Å². The van der Waals surface area contributed by atoms with Gasteiger partial charge in [0.15, 0.2) is 0 Å². The third kappa shape index (κ3) is 2.43. The molecule has 0 radical (unpaired) electrons. The Labute approximate surface area is 76.9 Å². The Kier molecular flexibility index (Phi) is 3.25. The number of rotatable bonds is 3. The number of nitrogens with one attached hydrogen (secondary N) is 1. The molecule has 0 saturated heterocycles. The lowest BCUT2D eigenvalue weighted by Gasteiger charge is -2.02. The van der Waals surface area contributed by atoms with Gasteiger partial charge in [0.05, 0.1) is 12.2 Å². The SMILES string of the molecule is CCOC(=O)c1ccc(NC)nc1. The van der Waals surface area contributed by atoms with Gasteiger partial charge in [0, 0.05) is 13.2 Å². The number of anilines is 1. The lowest BCUT2D eigenvalue weighted by Crippen LogP contribution is -2.05. The van der Waals surface area contributed by atoms with Gasteiger partial charge in [-0.1, -0.05) is 0 Å². The minimum atomic E-state index is -0.336. The Morgan fingerprint density at radius 2 is 2.38 bits per heavy atom. The molecule has 0 unspecified atom stereocenters. The van der Waals surface area contributed by atoms with E-state index in [1.165, 1.54) is 6.20 Å². The molecule has 0 saturated carbocycles. The molecule has 1 rings (SSSR count). The molecule has 0 amide bonds. The van der Waals surface area contributed by atoms with E-state index in [4.69, 9.17) is 4.74 Å². The third-order valence-corrected chi connectivity index (χ3v) is 1.53. The molecule has 4 heteroatoms. The summed E-state index contributed by atoms with van der Waals surface area (Å²) in [6.07, 6.45) is 1.49. The molecule has 1 heterocycles. The Balaban J connectivity index is 2.74. The largest absolute Gasteiger partial charge is 0.462 e. The van der Waals surface area contributed by atoms with E-state index in [1.54, 1.807) is 26.1 Å². The first-order valence-corrected chi connectivity index (χ1v) is 4.09. The minimum Gasteiger partial charge on any atom is -0.462 e. The highest BCUT2D eigenvalue weighted by molar-refractivity contribution is 5.89. The standard InChI is InChI=1S/C9H12N2O2/c1-3-13-9(12)7-4-5-8(10-2)11-6-7/h4-6H,3H2,1-2H3,(H,10,11). The molecule has 70 valence electrons. The maximum Gasteiger partial charge on any atom is 0.339 e. The van der Waals surface area contributed by atoms with Crippen LogP contribution in [-0.2, 0) is 4.74 Å². The van der Waals surface area contributed by atoms with Gasteiger partial charge >= 0.3 is 5.97 Å². The van der Waals surface area contributed by atoms with Crippen LogP contribution in [0.15, 0.2) is 18.3 Å². The Hall–Kier alpha value is -1.58. The molecule has 0 aliphatic rings. The summed E-state index contributed by atoms with van der Waals surface area (Å²) in [5.41, 5.74) is 0.473. The van der Waals surface area contributed by atoms with Crippen molar-refractivity contribution in [1.29, 1.82) is 0 Å². The fraction of sp³-hybridized carbons (Fsp3) is 0.333. The second kappa shape index (κ2) is 4.45. The molecule has 0 aromatic carbocycles. The van der Waals surface area contributed by atoms with Crippen molar-refractivity contribution in [3.63, 3.8) is 0 Å². The summed E-state index contributed by atoms with van der Waals surface area (Å²) in [6, 6.07) is 3.41. The van der Waals surface area contributed by atoms with Crippen LogP contribution in [0.2, 0.25) is 0 Å². The third-order valence-electron chi connectivity index (χ3n) is 1.53. The average molecular weight is 180 g/mol. The van der Waals surface area contributed by atoms with Crippen LogP contribution in [0.1, 0.15) is 17.3 Å². The van der Waals surface area contributed by atoms with E-state index in [0.29, 0.717) is 12.2 Å². The number of carbonyl (C=O) groups excluding carboxylic acids is 1. The number of hydrogen-bond acceptors (Lipinski definition) is 4. The van der Waals surface area contributed by atoms with Crippen molar-refractivity contribution < 1.29 is 9.53 Å². The summed E-state index contributed by atoms with van der Waals surface area (Å²) in [7, 11) is 1.77. The van der Waals surface area contributed by atoms with Crippen LogP contribution in [-0.4, -0.2) is 24.6 Å². The molecular formula is C9H12N2O2. The van der Waals surface area contributed by atoms with E-state index in [2.05, 4.69) is 10.3 Å². The van der Waals surface area contributed by atoms with Crippen molar-refractivity contribution in [2.24, 2.45) is 0 Å². The van der Waals surface area contributed by atoms with Gasteiger partial charge in [0.2, 0.25) is 0 Å². The normalized spacial score (nSPS) is 9.38. The van der Waals surface area contributed by atoms with Crippen molar-refractivity contribution in [3.05, 3.63) is 23.9 Å². The minimum absolute atomic E-state index is 0.336. The lowest BCUT2D eigenvalue weighted by atomic mass is 10.3. The van der Waals surface area contributed by atoms with Crippen LogP contribution < -0.4 is 5.32 Å². The first-order valence-electron chi connectivity index (χ1n) is 4.09. The van der Waals surface area contributed by atoms with Crippen LogP contribution in [0.3, 0.4) is 0 Å². The van der Waals surface area contributed by atoms with Crippen molar-refractivity contribution in [2.45, 2.75) is 6.92 Å². The van der Waals surface area contributed by atoms with E-state index in [-0.39, 0.29) is 5.97 Å². The van der Waals surface area contributed by atoms with Gasteiger partial charge in [-0.3, -0.25) is 0 Å². The smallest absolute Gasteiger partial charge is 0.339 e. The van der Waals surface area contributed by atoms with Crippen LogP contribution in [0.5, 0.6) is 0 Å². The molecule has 0 spiro atoms. The van der Waals surface area contributed by atoms with Crippen molar-refractivity contribution in [3.8, 4) is 0 Å². The van der Waals surface area contributed by atoms with E-state index in [9.17, 15) is 4.79 Å². The molecule has 1 aromatic rings. The second-order valence-electron chi connectivity index (χ2n) is 2.40. The summed E-state index contributed by atoms with van der Waals surface area (Å²) in [6.45, 7) is 2.15. The summed E-state index contributed by atoms with van der Waals surface area (Å²) >= 11 is 0. The van der Waals surface area contributed by atoms with Crippen molar-refractivity contribution in [2.75, 3.05) is 19.0 Å². The van der Waals surface area contributed by atoms with E-state index in [0.717, 1.165) is 5.82 Å². The summed E-state index contributed by atoms with van der Waals surface area (Å²) in [4.78, 5) is 15.2. The molecule has 0 aliphatic carbocycles. The monoisotopic (exact) mass is 180 g/mol. The molecule has 1 N–H and O–H groups in total. The van der Waals surface area contributed by atoms with Crippen LogP contribution >= 0.6 is 0 Å². The van der Waals surface area contributed by atoms with Crippen LogP contribution in [0.4, 0.5) is 5.82 Å². The van der Waals surface area contributed by atoms with E-state index in [1.807, 2.05) is 0 Å². The van der Waals surface area contributed by atoms with Gasteiger partial charge in [-0.05, 0) is 19.1 Å². The fourth-order valence-electron chi connectivity index (χ4n) is 0.877. The number of nitrogens with zero attached hydrogens (tertiary/aromatic N) is 1. The summed E-state index contributed by atoms with van der Waals surface area (Å²) < 4.78 is 4.80. The van der Waals surface area contributed by atoms with Crippen molar-refractivity contribution >= 4 is 11.8 Å². The molecule has 0 atom stereocenters. The van der Waals surface area contributed by atoms with Gasteiger partial charge in [-0.2, -0.15) is 0 Å². The maximum absolute atomic E-state index is 11.2. The van der Waals surface area contributed by atoms with E-state index < -0.39 is 0 Å².